The van der Waals surface area contributed by atoms with E-state index in [1.807, 2.05) is 0 Å². The van der Waals surface area contributed by atoms with Gasteiger partial charge in [0.15, 0.2) is 0 Å². The Morgan fingerprint density at radius 3 is 2.42 bits per heavy atom. The fourth-order valence-corrected chi connectivity index (χ4v) is 2.61. The Morgan fingerprint density at radius 2 is 2.00 bits per heavy atom. The molecule has 1 saturated carbocycles. The first-order valence-corrected chi connectivity index (χ1v) is 6.10. The predicted molar refractivity (Wildman–Crippen MR) is 55.6 cm³/mol. The molecule has 1 aliphatic carbocycles. The van der Waals surface area contributed by atoms with E-state index in [9.17, 15) is 5.11 Å². The normalized spacial score (nSPS) is 36.8. The first-order chi connectivity index (χ1) is 5.70. The number of hydrogen-bond donors (Lipinski definition) is 1. The number of hydrogen-bond acceptors (Lipinski definition) is 1. The molecule has 0 spiro atoms. The van der Waals surface area contributed by atoms with Crippen LogP contribution in [0.1, 0.15) is 45.4 Å². The van der Waals surface area contributed by atoms with Gasteiger partial charge in [0.25, 0.3) is 0 Å². The van der Waals surface area contributed by atoms with Crippen LogP contribution in [0.5, 0.6) is 0 Å². The zero-order chi connectivity index (χ0) is 9.03. The molecule has 12 heavy (non-hydrogen) atoms. The van der Waals surface area contributed by atoms with E-state index in [4.69, 9.17) is 0 Å². The van der Waals surface area contributed by atoms with Gasteiger partial charge in [-0.25, -0.2) is 0 Å². The van der Waals surface area contributed by atoms with Gasteiger partial charge < -0.3 is 5.11 Å². The van der Waals surface area contributed by atoms with E-state index in [-0.39, 0.29) is 5.60 Å². The molecule has 0 aromatic carbocycles. The van der Waals surface area contributed by atoms with Crippen LogP contribution < -0.4 is 0 Å². The van der Waals surface area contributed by atoms with Crippen molar-refractivity contribution in [2.45, 2.75) is 51.0 Å². The molecule has 0 atom stereocenters. The second-order valence-electron chi connectivity index (χ2n) is 4.09. The van der Waals surface area contributed by atoms with Crippen molar-refractivity contribution in [3.8, 4) is 0 Å². The van der Waals surface area contributed by atoms with Crippen LogP contribution in [0.2, 0.25) is 0 Å². The fourth-order valence-electron chi connectivity index (χ4n) is 2.05. The molecule has 1 aliphatic rings. The van der Waals surface area contributed by atoms with Crippen LogP contribution in [0.15, 0.2) is 0 Å². The molecule has 0 aromatic heterocycles. The second kappa shape index (κ2) is 4.61. The minimum Gasteiger partial charge on any atom is -0.389 e. The Kier molecular flexibility index (Phi) is 4.04. The predicted octanol–water partition coefficient (Wildman–Crippen LogP) is 3.10. The van der Waals surface area contributed by atoms with Gasteiger partial charge in [-0.2, -0.15) is 0 Å². The van der Waals surface area contributed by atoms with Crippen molar-refractivity contribution < 1.29 is 5.11 Å². The third-order valence-corrected chi connectivity index (χ3v) is 4.03. The number of halogens is 1. The molecule has 0 radical (unpaired) electrons. The average molecular weight is 235 g/mol. The molecular weight excluding hydrogens is 216 g/mol. The maximum Gasteiger partial charge on any atom is 0.0744 e. The van der Waals surface area contributed by atoms with Crippen molar-refractivity contribution in [1.82, 2.24) is 0 Å². The summed E-state index contributed by atoms with van der Waals surface area (Å²) in [5, 5.41) is 10.7. The Labute approximate surface area is 83.7 Å². The van der Waals surface area contributed by atoms with Gasteiger partial charge in [0, 0.05) is 5.33 Å². The first kappa shape index (κ1) is 10.5. The summed E-state index contributed by atoms with van der Waals surface area (Å²) in [5.41, 5.74) is -0.385. The van der Waals surface area contributed by atoms with Gasteiger partial charge in [-0.05, 0) is 31.6 Å². The molecular formula is C10H19BrO. The summed E-state index contributed by atoms with van der Waals surface area (Å²) in [6.45, 7) is 2.24. The van der Waals surface area contributed by atoms with E-state index in [0.717, 1.165) is 24.1 Å². The molecule has 72 valence electrons. The summed E-state index contributed by atoms with van der Waals surface area (Å²) < 4.78 is 0. The maximum absolute atomic E-state index is 9.92. The van der Waals surface area contributed by atoms with E-state index in [1.54, 1.807) is 0 Å². The average Bonchev–Trinajstić information content (AvgIpc) is 2.10. The van der Waals surface area contributed by atoms with Crippen LogP contribution in [0.25, 0.3) is 0 Å². The van der Waals surface area contributed by atoms with E-state index in [0.29, 0.717) is 0 Å². The van der Waals surface area contributed by atoms with Crippen LogP contribution in [0.4, 0.5) is 0 Å². The second-order valence-corrected chi connectivity index (χ2v) is 4.65. The van der Waals surface area contributed by atoms with Gasteiger partial charge >= 0.3 is 0 Å². The van der Waals surface area contributed by atoms with Crippen LogP contribution in [0, 0.1) is 5.92 Å². The lowest BCUT2D eigenvalue weighted by atomic mass is 9.78. The minimum absolute atomic E-state index is 0.385. The van der Waals surface area contributed by atoms with Crippen LogP contribution >= 0.6 is 15.9 Å². The zero-order valence-corrected chi connectivity index (χ0v) is 9.44. The molecule has 0 aromatic rings. The maximum atomic E-state index is 9.92. The summed E-state index contributed by atoms with van der Waals surface area (Å²) in [6, 6.07) is 0. The van der Waals surface area contributed by atoms with Gasteiger partial charge in [0.05, 0.1) is 5.60 Å². The zero-order valence-electron chi connectivity index (χ0n) is 7.85. The Morgan fingerprint density at radius 1 is 1.42 bits per heavy atom. The number of alkyl halides is 1. The highest BCUT2D eigenvalue weighted by Crippen LogP contribution is 2.35. The summed E-state index contributed by atoms with van der Waals surface area (Å²) in [4.78, 5) is 0. The molecule has 1 rings (SSSR count). The molecule has 0 heterocycles. The summed E-state index contributed by atoms with van der Waals surface area (Å²) >= 11 is 3.38. The Bertz CT molecular complexity index is 128. The van der Waals surface area contributed by atoms with Gasteiger partial charge in [-0.15, -0.1) is 0 Å². The monoisotopic (exact) mass is 234 g/mol. The third kappa shape index (κ3) is 2.74. The highest BCUT2D eigenvalue weighted by molar-refractivity contribution is 9.09. The SMILES string of the molecule is CCCC1CCC(O)(CBr)CC1. The van der Waals surface area contributed by atoms with Gasteiger partial charge in [0.2, 0.25) is 0 Å². The van der Waals surface area contributed by atoms with Crippen LogP contribution in [0.3, 0.4) is 0 Å². The Hall–Kier alpha value is 0.440. The molecule has 1 fully saturated rings. The van der Waals surface area contributed by atoms with Gasteiger partial charge in [-0.1, -0.05) is 35.7 Å². The lowest BCUT2D eigenvalue weighted by molar-refractivity contribution is 0.0124. The lowest BCUT2D eigenvalue weighted by Gasteiger charge is -2.34. The minimum atomic E-state index is -0.385. The van der Waals surface area contributed by atoms with Crippen LogP contribution in [-0.2, 0) is 0 Å². The summed E-state index contributed by atoms with van der Waals surface area (Å²) in [5.74, 6) is 0.884. The van der Waals surface area contributed by atoms with E-state index in [1.165, 1.54) is 25.7 Å². The van der Waals surface area contributed by atoms with Gasteiger partial charge in [-0.3, -0.25) is 0 Å². The molecule has 0 amide bonds. The molecule has 1 N–H and O–H groups in total. The third-order valence-electron chi connectivity index (χ3n) is 2.98. The Balaban J connectivity index is 2.29. The summed E-state index contributed by atoms with van der Waals surface area (Å²) in [7, 11) is 0. The van der Waals surface area contributed by atoms with E-state index in [2.05, 4.69) is 22.9 Å². The van der Waals surface area contributed by atoms with Crippen molar-refractivity contribution in [3.05, 3.63) is 0 Å². The van der Waals surface area contributed by atoms with Crippen molar-refractivity contribution in [2.24, 2.45) is 5.92 Å². The quantitative estimate of drug-likeness (QED) is 0.745. The smallest absolute Gasteiger partial charge is 0.0744 e. The summed E-state index contributed by atoms with van der Waals surface area (Å²) in [6.07, 6.45) is 7.05. The van der Waals surface area contributed by atoms with Crippen molar-refractivity contribution >= 4 is 15.9 Å². The molecule has 0 unspecified atom stereocenters. The highest BCUT2D eigenvalue weighted by atomic mass is 79.9. The number of aliphatic hydroxyl groups is 1. The standard InChI is InChI=1S/C10H19BrO/c1-2-3-9-4-6-10(12,8-11)7-5-9/h9,12H,2-8H2,1H3. The van der Waals surface area contributed by atoms with Crippen molar-refractivity contribution in [1.29, 1.82) is 0 Å². The van der Waals surface area contributed by atoms with E-state index >= 15 is 0 Å². The van der Waals surface area contributed by atoms with E-state index < -0.39 is 0 Å². The molecule has 1 nitrogen and oxygen atoms in total. The largest absolute Gasteiger partial charge is 0.389 e. The molecule has 0 saturated heterocycles. The van der Waals surface area contributed by atoms with Gasteiger partial charge in [0.1, 0.15) is 0 Å². The molecule has 2 heteroatoms. The van der Waals surface area contributed by atoms with Crippen molar-refractivity contribution in [2.75, 3.05) is 5.33 Å². The highest BCUT2D eigenvalue weighted by Gasteiger charge is 2.31. The fraction of sp³-hybridized carbons (Fsp3) is 1.00. The molecule has 0 aliphatic heterocycles. The van der Waals surface area contributed by atoms with Crippen LogP contribution in [-0.4, -0.2) is 16.0 Å². The molecule has 0 bridgehead atoms. The first-order valence-electron chi connectivity index (χ1n) is 4.98. The van der Waals surface area contributed by atoms with Crippen molar-refractivity contribution in [3.63, 3.8) is 0 Å². The lowest BCUT2D eigenvalue weighted by Crippen LogP contribution is -2.35. The number of rotatable bonds is 3. The topological polar surface area (TPSA) is 20.2 Å².